The highest BCUT2D eigenvalue weighted by molar-refractivity contribution is 6.74. The maximum atomic E-state index is 12.2. The molecule has 7 heteroatoms. The van der Waals surface area contributed by atoms with Gasteiger partial charge in [-0.25, -0.2) is 0 Å². The molecule has 5 atom stereocenters. The summed E-state index contributed by atoms with van der Waals surface area (Å²) in [6.45, 7) is 34.0. The van der Waals surface area contributed by atoms with Crippen molar-refractivity contribution in [2.24, 2.45) is 11.8 Å². The Balaban J connectivity index is 5.87. The van der Waals surface area contributed by atoms with Crippen LogP contribution in [0.3, 0.4) is 0 Å². The Morgan fingerprint density at radius 1 is 0.718 bits per heavy atom. The molecular formula is C32H68O4Si3. The lowest BCUT2D eigenvalue weighted by Crippen LogP contribution is -2.46. The second kappa shape index (κ2) is 16.5. The first-order valence-electron chi connectivity index (χ1n) is 16.1. The maximum Gasteiger partial charge on any atom is 0.193 e. The largest absolute Gasteiger partial charge is 0.414 e. The summed E-state index contributed by atoms with van der Waals surface area (Å²) in [6.07, 6.45) is 7.45. The number of carbonyl (C=O) groups is 1. The Kier molecular flexibility index (Phi) is 16.5. The molecule has 0 spiro atoms. The molecule has 0 aliphatic carbocycles. The summed E-state index contributed by atoms with van der Waals surface area (Å²) in [5.74, 6) is 0.753. The maximum absolute atomic E-state index is 12.2. The first kappa shape index (κ1) is 38.9. The lowest BCUT2D eigenvalue weighted by atomic mass is 9.90. The van der Waals surface area contributed by atoms with Crippen LogP contribution in [0.1, 0.15) is 103 Å². The minimum Gasteiger partial charge on any atom is -0.414 e. The normalized spacial score (nSPS) is 18.5. The summed E-state index contributed by atoms with van der Waals surface area (Å²) in [5.41, 5.74) is -0.849. The van der Waals surface area contributed by atoms with Crippen molar-refractivity contribution in [3.05, 3.63) is 12.2 Å². The average molecular weight is 601 g/mol. The molecule has 0 fully saturated rings. The van der Waals surface area contributed by atoms with E-state index in [2.05, 4.69) is 102 Å². The number of carbonyl (C=O) groups excluding carboxylic acids is 1. The predicted molar refractivity (Wildman–Crippen MR) is 179 cm³/mol. The Bertz CT molecular complexity index is 709. The minimum atomic E-state index is -1.90. The van der Waals surface area contributed by atoms with E-state index in [0.29, 0.717) is 11.8 Å². The monoisotopic (exact) mass is 600 g/mol. The molecule has 0 aromatic heterocycles. The van der Waals surface area contributed by atoms with Crippen LogP contribution in [0.2, 0.25) is 54.4 Å². The molecule has 0 heterocycles. The van der Waals surface area contributed by atoms with Gasteiger partial charge < -0.3 is 13.3 Å². The molecule has 0 radical (unpaired) electrons. The average Bonchev–Trinajstić information content (AvgIpc) is 2.88. The number of hydrogen-bond acceptors (Lipinski definition) is 4. The first-order chi connectivity index (χ1) is 17.9. The zero-order chi connectivity index (χ0) is 30.7. The zero-order valence-corrected chi connectivity index (χ0v) is 31.8. The van der Waals surface area contributed by atoms with Crippen LogP contribution in [0.15, 0.2) is 12.2 Å². The number of rotatable bonds is 20. The van der Waals surface area contributed by atoms with Gasteiger partial charge in [0.05, 0.1) is 0 Å². The summed E-state index contributed by atoms with van der Waals surface area (Å²) >= 11 is 0. The van der Waals surface area contributed by atoms with Crippen LogP contribution in [0.4, 0.5) is 0 Å². The highest BCUT2D eigenvalue weighted by Crippen LogP contribution is 2.39. The smallest absolute Gasteiger partial charge is 0.193 e. The van der Waals surface area contributed by atoms with Crippen molar-refractivity contribution in [1.29, 1.82) is 0 Å². The lowest BCUT2D eigenvalue weighted by molar-refractivity contribution is -0.117. The molecule has 0 aromatic rings. The molecule has 0 N–H and O–H groups in total. The first-order valence-corrected chi connectivity index (χ1v) is 24.0. The van der Waals surface area contributed by atoms with Gasteiger partial charge in [0.15, 0.2) is 31.2 Å². The van der Waals surface area contributed by atoms with Crippen molar-refractivity contribution in [1.82, 2.24) is 0 Å². The van der Waals surface area contributed by atoms with E-state index in [1.165, 1.54) is 0 Å². The lowest BCUT2D eigenvalue weighted by Gasteiger charge is -2.42. The van der Waals surface area contributed by atoms with E-state index < -0.39 is 30.6 Å². The second-order valence-electron chi connectivity index (χ2n) is 14.0. The van der Waals surface area contributed by atoms with Gasteiger partial charge in [-0.05, 0) is 92.9 Å². The molecule has 0 saturated heterocycles. The van der Waals surface area contributed by atoms with Crippen LogP contribution in [-0.4, -0.2) is 49.0 Å². The quantitative estimate of drug-likeness (QED) is 0.0792. The van der Waals surface area contributed by atoms with Crippen molar-refractivity contribution in [2.45, 2.75) is 175 Å². The highest BCUT2D eigenvalue weighted by Gasteiger charge is 2.41. The summed E-state index contributed by atoms with van der Waals surface area (Å²) in [4.78, 5) is 12.2. The molecule has 39 heavy (non-hydrogen) atoms. The van der Waals surface area contributed by atoms with Crippen molar-refractivity contribution in [2.75, 3.05) is 0 Å². The molecule has 0 aliphatic rings. The van der Waals surface area contributed by atoms with Gasteiger partial charge in [-0.15, -0.1) is 0 Å². The van der Waals surface area contributed by atoms with Crippen LogP contribution in [0.5, 0.6) is 0 Å². The summed E-state index contributed by atoms with van der Waals surface area (Å²) in [5, 5.41) is 0.199. The summed E-state index contributed by atoms with van der Waals surface area (Å²) in [6, 6.07) is 6.56. The Morgan fingerprint density at radius 2 is 1.18 bits per heavy atom. The molecule has 0 aliphatic heterocycles. The Morgan fingerprint density at radius 3 is 1.56 bits per heavy atom. The van der Waals surface area contributed by atoms with Crippen LogP contribution in [-0.2, 0) is 18.1 Å². The van der Waals surface area contributed by atoms with Crippen LogP contribution < -0.4 is 0 Å². The predicted octanol–water partition coefficient (Wildman–Crippen LogP) is 10.4. The summed E-state index contributed by atoms with van der Waals surface area (Å²) < 4.78 is 20.6. The third-order valence-electron chi connectivity index (χ3n) is 10.2. The van der Waals surface area contributed by atoms with E-state index in [1.54, 1.807) is 0 Å². The molecule has 0 bridgehead atoms. The van der Waals surface area contributed by atoms with Gasteiger partial charge >= 0.3 is 0 Å². The van der Waals surface area contributed by atoms with Gasteiger partial charge in [-0.1, -0.05) is 88.3 Å². The van der Waals surface area contributed by atoms with E-state index in [1.807, 2.05) is 13.0 Å². The van der Waals surface area contributed by atoms with E-state index in [0.717, 1.165) is 55.4 Å². The zero-order valence-electron chi connectivity index (χ0n) is 28.8. The van der Waals surface area contributed by atoms with Gasteiger partial charge in [-0.2, -0.15) is 0 Å². The van der Waals surface area contributed by atoms with Crippen molar-refractivity contribution in [3.63, 3.8) is 0 Å². The van der Waals surface area contributed by atoms with Crippen molar-refractivity contribution in [3.8, 4) is 0 Å². The standard InChI is InChI=1S/C32H68O4Si3/c1-16-38(17-2,18-3)35-30(25-28(8)29(9)34-37(14,15)31(10,11)12)27(7)23-22-24-32(13,26-33)36-39(19-4,20-5)21-6/h22,24,26-30H,16-21,23,25H2,1-15H3/b24-22+/t27-,28-,29-,30+,32+/m0/s1. The van der Waals surface area contributed by atoms with Crippen LogP contribution in [0, 0.1) is 11.8 Å². The van der Waals surface area contributed by atoms with Crippen LogP contribution >= 0.6 is 0 Å². The van der Waals surface area contributed by atoms with Crippen molar-refractivity contribution >= 4 is 31.2 Å². The SMILES string of the molecule is CC[Si](CC)(CC)O[C@H](C[C@H](C)[C@H](C)O[Si](C)(C)C(C)(C)C)[C@@H](C)C/C=C/[C@](C)(C=O)O[Si](CC)(CC)CC. The second-order valence-corrected chi connectivity index (χ2v) is 28.1. The fourth-order valence-corrected chi connectivity index (χ4v) is 12.7. The highest BCUT2D eigenvalue weighted by atomic mass is 28.4. The van der Waals surface area contributed by atoms with E-state index in [9.17, 15) is 4.79 Å². The van der Waals surface area contributed by atoms with Gasteiger partial charge in [0.2, 0.25) is 0 Å². The third kappa shape index (κ3) is 11.6. The number of hydrogen-bond donors (Lipinski definition) is 0. The summed E-state index contributed by atoms with van der Waals surface area (Å²) in [7, 11) is -5.52. The molecule has 0 amide bonds. The van der Waals surface area contributed by atoms with Crippen molar-refractivity contribution < 1.29 is 18.1 Å². The molecule has 4 nitrogen and oxygen atoms in total. The van der Waals surface area contributed by atoms with Crippen LogP contribution in [0.25, 0.3) is 0 Å². The van der Waals surface area contributed by atoms with E-state index >= 15 is 0 Å². The topological polar surface area (TPSA) is 44.8 Å². The molecule has 0 unspecified atom stereocenters. The minimum absolute atomic E-state index is 0.181. The van der Waals surface area contributed by atoms with Gasteiger partial charge in [0.25, 0.3) is 0 Å². The molecular weight excluding hydrogens is 533 g/mol. The third-order valence-corrected chi connectivity index (χ3v) is 24.2. The van der Waals surface area contributed by atoms with E-state index in [4.69, 9.17) is 13.3 Å². The number of aldehydes is 1. The molecule has 0 aromatic carbocycles. The van der Waals surface area contributed by atoms with Gasteiger partial charge in [-0.3, -0.25) is 4.79 Å². The van der Waals surface area contributed by atoms with E-state index in [-0.39, 0.29) is 17.2 Å². The number of allylic oxidation sites excluding steroid dienone is 1. The fraction of sp³-hybridized carbons (Fsp3) is 0.906. The van der Waals surface area contributed by atoms with Gasteiger partial charge in [0.1, 0.15) is 5.60 Å². The molecule has 232 valence electrons. The molecule has 0 rings (SSSR count). The van der Waals surface area contributed by atoms with Gasteiger partial charge in [0, 0.05) is 12.2 Å². The Labute approximate surface area is 247 Å². The fourth-order valence-electron chi connectivity index (χ4n) is 5.23. The molecule has 0 saturated carbocycles. The Hall–Kier alpha value is -0.0594.